The summed E-state index contributed by atoms with van der Waals surface area (Å²) in [7, 11) is 0. The third-order valence-electron chi connectivity index (χ3n) is 1.88. The standard InChI is InChI=1S/C10H16O4/c1-7(2)9(11)14-8(3)12-5-10(4)6-13-10/h8H,1,5-6H2,2-4H3. The molecule has 0 radical (unpaired) electrons. The highest BCUT2D eigenvalue weighted by Gasteiger charge is 2.40. The summed E-state index contributed by atoms with van der Waals surface area (Å²) in [6.45, 7) is 9.83. The summed E-state index contributed by atoms with van der Waals surface area (Å²) < 4.78 is 15.3. The molecule has 0 aromatic carbocycles. The average molecular weight is 200 g/mol. The van der Waals surface area contributed by atoms with Gasteiger partial charge in [-0.1, -0.05) is 6.58 Å². The molecule has 4 heteroatoms. The van der Waals surface area contributed by atoms with Crippen LogP contribution in [0, 0.1) is 0 Å². The van der Waals surface area contributed by atoms with Gasteiger partial charge < -0.3 is 14.2 Å². The van der Waals surface area contributed by atoms with E-state index in [4.69, 9.17) is 14.2 Å². The van der Waals surface area contributed by atoms with E-state index in [1.165, 1.54) is 0 Å². The first-order valence-corrected chi connectivity index (χ1v) is 4.55. The summed E-state index contributed by atoms with van der Waals surface area (Å²) in [6, 6.07) is 0. The molecule has 14 heavy (non-hydrogen) atoms. The zero-order valence-electron chi connectivity index (χ0n) is 8.83. The average Bonchev–Trinajstić information content (AvgIpc) is 2.81. The fourth-order valence-electron chi connectivity index (χ4n) is 0.786. The maximum atomic E-state index is 11.1. The lowest BCUT2D eigenvalue weighted by Crippen LogP contribution is -2.24. The minimum Gasteiger partial charge on any atom is -0.433 e. The largest absolute Gasteiger partial charge is 0.433 e. The van der Waals surface area contributed by atoms with Gasteiger partial charge in [-0.15, -0.1) is 0 Å². The van der Waals surface area contributed by atoms with Crippen LogP contribution in [0.2, 0.25) is 0 Å². The van der Waals surface area contributed by atoms with Crippen LogP contribution >= 0.6 is 0 Å². The van der Waals surface area contributed by atoms with Crippen LogP contribution in [0.5, 0.6) is 0 Å². The summed E-state index contributed by atoms with van der Waals surface area (Å²) in [5.41, 5.74) is 0.193. The maximum Gasteiger partial charge on any atom is 0.335 e. The van der Waals surface area contributed by atoms with Crippen molar-refractivity contribution in [2.75, 3.05) is 13.2 Å². The fourth-order valence-corrected chi connectivity index (χ4v) is 0.786. The van der Waals surface area contributed by atoms with Crippen molar-refractivity contribution in [3.8, 4) is 0 Å². The minimum atomic E-state index is -0.555. The van der Waals surface area contributed by atoms with Crippen LogP contribution in [-0.4, -0.2) is 31.1 Å². The zero-order valence-corrected chi connectivity index (χ0v) is 8.83. The molecule has 0 amide bonds. The van der Waals surface area contributed by atoms with Crippen LogP contribution in [-0.2, 0) is 19.0 Å². The van der Waals surface area contributed by atoms with Gasteiger partial charge in [0.2, 0.25) is 6.29 Å². The second kappa shape index (κ2) is 4.11. The highest BCUT2D eigenvalue weighted by molar-refractivity contribution is 5.86. The Morgan fingerprint density at radius 2 is 2.29 bits per heavy atom. The highest BCUT2D eigenvalue weighted by atomic mass is 16.7. The van der Waals surface area contributed by atoms with Crippen molar-refractivity contribution in [1.82, 2.24) is 0 Å². The molecule has 2 unspecified atom stereocenters. The van der Waals surface area contributed by atoms with E-state index in [-0.39, 0.29) is 5.60 Å². The summed E-state index contributed by atoms with van der Waals surface area (Å²) in [6.07, 6.45) is -0.555. The predicted molar refractivity (Wildman–Crippen MR) is 50.7 cm³/mol. The molecule has 0 bridgehead atoms. The van der Waals surface area contributed by atoms with Crippen molar-refractivity contribution in [3.63, 3.8) is 0 Å². The van der Waals surface area contributed by atoms with Gasteiger partial charge >= 0.3 is 5.97 Å². The molecule has 0 spiro atoms. The number of epoxide rings is 1. The molecule has 0 N–H and O–H groups in total. The third-order valence-corrected chi connectivity index (χ3v) is 1.88. The van der Waals surface area contributed by atoms with Crippen molar-refractivity contribution in [3.05, 3.63) is 12.2 Å². The summed E-state index contributed by atoms with van der Waals surface area (Å²) in [5.74, 6) is -0.431. The first-order valence-electron chi connectivity index (χ1n) is 4.55. The lowest BCUT2D eigenvalue weighted by atomic mass is 10.2. The van der Waals surface area contributed by atoms with Crippen LogP contribution in [0.1, 0.15) is 20.8 Å². The topological polar surface area (TPSA) is 48.1 Å². The van der Waals surface area contributed by atoms with Crippen molar-refractivity contribution in [2.24, 2.45) is 0 Å². The van der Waals surface area contributed by atoms with E-state index in [0.29, 0.717) is 18.8 Å². The number of ether oxygens (including phenoxy) is 3. The molecule has 1 rings (SSSR count). The molecule has 0 saturated carbocycles. The van der Waals surface area contributed by atoms with Crippen molar-refractivity contribution < 1.29 is 19.0 Å². The molecule has 1 aliphatic rings. The predicted octanol–water partition coefficient (Wildman–Crippen LogP) is 1.26. The number of carbonyl (C=O) groups is 1. The van der Waals surface area contributed by atoms with Gasteiger partial charge in [-0.3, -0.25) is 0 Å². The molecule has 0 aliphatic carbocycles. The Hall–Kier alpha value is -0.870. The van der Waals surface area contributed by atoms with Crippen LogP contribution in [0.15, 0.2) is 12.2 Å². The van der Waals surface area contributed by atoms with Gasteiger partial charge in [-0.05, 0) is 20.8 Å². The molecule has 1 aliphatic heterocycles. The fraction of sp³-hybridized carbons (Fsp3) is 0.700. The van der Waals surface area contributed by atoms with Gasteiger partial charge in [-0.25, -0.2) is 4.79 Å². The molecule has 2 atom stereocenters. The smallest absolute Gasteiger partial charge is 0.335 e. The van der Waals surface area contributed by atoms with Gasteiger partial charge in [0.05, 0.1) is 13.2 Å². The molecule has 1 heterocycles. The van der Waals surface area contributed by atoms with Crippen molar-refractivity contribution in [2.45, 2.75) is 32.7 Å². The van der Waals surface area contributed by atoms with E-state index in [9.17, 15) is 4.79 Å². The Balaban J connectivity index is 2.18. The number of hydrogen-bond donors (Lipinski definition) is 0. The van der Waals surface area contributed by atoms with Crippen molar-refractivity contribution >= 4 is 5.97 Å². The SMILES string of the molecule is C=C(C)C(=O)OC(C)OCC1(C)CO1. The third kappa shape index (κ3) is 3.47. The Labute approximate surface area is 83.8 Å². The number of rotatable bonds is 5. The van der Waals surface area contributed by atoms with Gasteiger partial charge in [0.25, 0.3) is 0 Å². The Morgan fingerprint density at radius 3 is 2.71 bits per heavy atom. The lowest BCUT2D eigenvalue weighted by Gasteiger charge is -2.15. The normalized spacial score (nSPS) is 26.8. The molecular formula is C10H16O4. The molecule has 0 aromatic rings. The van der Waals surface area contributed by atoms with E-state index >= 15 is 0 Å². The van der Waals surface area contributed by atoms with Gasteiger partial charge in [0, 0.05) is 5.57 Å². The first-order chi connectivity index (χ1) is 6.43. The van der Waals surface area contributed by atoms with Crippen LogP contribution in [0.4, 0.5) is 0 Å². The highest BCUT2D eigenvalue weighted by Crippen LogP contribution is 2.26. The van der Waals surface area contributed by atoms with E-state index in [1.54, 1.807) is 13.8 Å². The molecular weight excluding hydrogens is 184 g/mol. The monoisotopic (exact) mass is 200 g/mol. The number of carbonyl (C=O) groups excluding carboxylic acids is 1. The number of hydrogen-bond acceptors (Lipinski definition) is 4. The summed E-state index contributed by atoms with van der Waals surface area (Å²) in [5, 5.41) is 0. The maximum absolute atomic E-state index is 11.1. The van der Waals surface area contributed by atoms with E-state index in [2.05, 4.69) is 6.58 Å². The first kappa shape index (κ1) is 11.2. The second-order valence-corrected chi connectivity index (χ2v) is 3.80. The number of esters is 1. The van der Waals surface area contributed by atoms with Gasteiger partial charge in [0.1, 0.15) is 5.60 Å². The lowest BCUT2D eigenvalue weighted by molar-refractivity contribution is -0.172. The molecule has 4 nitrogen and oxygen atoms in total. The van der Waals surface area contributed by atoms with Crippen molar-refractivity contribution in [1.29, 1.82) is 0 Å². The van der Waals surface area contributed by atoms with E-state index in [0.717, 1.165) is 0 Å². The summed E-state index contributed by atoms with van der Waals surface area (Å²) >= 11 is 0. The van der Waals surface area contributed by atoms with E-state index < -0.39 is 12.3 Å². The minimum absolute atomic E-state index is 0.177. The van der Waals surface area contributed by atoms with Gasteiger partial charge in [0.15, 0.2) is 0 Å². The van der Waals surface area contributed by atoms with Crippen LogP contribution in [0.25, 0.3) is 0 Å². The molecule has 80 valence electrons. The molecule has 0 aromatic heterocycles. The molecule has 1 saturated heterocycles. The zero-order chi connectivity index (χ0) is 10.8. The second-order valence-electron chi connectivity index (χ2n) is 3.80. The van der Waals surface area contributed by atoms with Crippen LogP contribution in [0.3, 0.4) is 0 Å². The summed E-state index contributed by atoms with van der Waals surface area (Å²) in [4.78, 5) is 11.1. The Bertz CT molecular complexity index is 243. The van der Waals surface area contributed by atoms with E-state index in [1.807, 2.05) is 6.92 Å². The Morgan fingerprint density at radius 1 is 1.71 bits per heavy atom. The van der Waals surface area contributed by atoms with Gasteiger partial charge in [-0.2, -0.15) is 0 Å². The Kier molecular flexibility index (Phi) is 3.29. The van der Waals surface area contributed by atoms with Crippen LogP contribution < -0.4 is 0 Å². The molecule has 1 fully saturated rings. The quantitative estimate of drug-likeness (QED) is 0.290.